The van der Waals surface area contributed by atoms with Crippen LogP contribution in [0.2, 0.25) is 0 Å². The number of aromatic nitrogens is 2. The average molecular weight is 336 g/mol. The van der Waals surface area contributed by atoms with Crippen molar-refractivity contribution in [2.24, 2.45) is 5.73 Å². The fourth-order valence-corrected chi connectivity index (χ4v) is 2.60. The summed E-state index contributed by atoms with van der Waals surface area (Å²) in [6, 6.07) is 5.41. The second kappa shape index (κ2) is 6.51. The van der Waals surface area contributed by atoms with Crippen LogP contribution in [0, 0.1) is 19.3 Å². The van der Waals surface area contributed by atoms with Gasteiger partial charge in [0.1, 0.15) is 5.70 Å². The van der Waals surface area contributed by atoms with Gasteiger partial charge in [-0.1, -0.05) is 6.92 Å². The molecule has 0 fully saturated rings. The summed E-state index contributed by atoms with van der Waals surface area (Å²) in [5, 5.41) is 7.82. The van der Waals surface area contributed by atoms with Gasteiger partial charge in [0, 0.05) is 23.3 Å². The van der Waals surface area contributed by atoms with Crippen LogP contribution < -0.4 is 5.73 Å². The molecule has 0 radical (unpaired) electrons. The van der Waals surface area contributed by atoms with Gasteiger partial charge in [0.15, 0.2) is 0 Å². The van der Waals surface area contributed by atoms with Gasteiger partial charge in [-0.2, -0.15) is 13.2 Å². The van der Waals surface area contributed by atoms with Crippen molar-refractivity contribution >= 4 is 5.71 Å². The highest BCUT2D eigenvalue weighted by molar-refractivity contribution is 6.05. The number of nitrogens with one attached hydrogen (secondary N) is 1. The molecule has 2 aromatic heterocycles. The normalized spacial score (nSPS) is 12.5. The fraction of sp³-hybridized carbons (Fsp3) is 0.294. The topological polar surface area (TPSA) is 67.7 Å². The Hall–Kier alpha value is -2.57. The van der Waals surface area contributed by atoms with E-state index in [1.54, 1.807) is 12.1 Å². The van der Waals surface area contributed by atoms with Crippen molar-refractivity contribution in [3.05, 3.63) is 58.8 Å². The quantitative estimate of drug-likeness (QED) is 0.833. The van der Waals surface area contributed by atoms with E-state index < -0.39 is 11.9 Å². The second-order valence-electron chi connectivity index (χ2n) is 5.50. The van der Waals surface area contributed by atoms with Crippen LogP contribution in [0.1, 0.15) is 29.6 Å². The van der Waals surface area contributed by atoms with Crippen molar-refractivity contribution in [3.63, 3.8) is 0 Å². The molecular formula is C17H19F3N4. The summed E-state index contributed by atoms with van der Waals surface area (Å²) in [6.45, 7) is 6.00. The summed E-state index contributed by atoms with van der Waals surface area (Å²) in [5.41, 5.74) is 7.41. The predicted molar refractivity (Wildman–Crippen MR) is 87.6 cm³/mol. The van der Waals surface area contributed by atoms with Crippen molar-refractivity contribution in [3.8, 4) is 5.69 Å². The molecule has 0 aliphatic carbocycles. The molecule has 0 saturated carbocycles. The number of hydrogen-bond acceptors (Lipinski definition) is 3. The minimum atomic E-state index is -4.66. The standard InChI is InChI=1S/C17H19F3N4/c1-4-12-7-10(2)24(11(12)3)13-5-6-23-15(8-13)14(21)9-16(22)17(18,19)20/h5-9,21H,4,22H2,1-3H3. The number of nitrogens with zero attached hydrogens (tertiary/aromatic N) is 2. The molecule has 7 heteroatoms. The highest BCUT2D eigenvalue weighted by Gasteiger charge is 2.31. The van der Waals surface area contributed by atoms with Gasteiger partial charge in [-0.25, -0.2) is 0 Å². The lowest BCUT2D eigenvalue weighted by Gasteiger charge is -2.11. The molecule has 0 aliphatic rings. The Morgan fingerprint density at radius 1 is 1.33 bits per heavy atom. The fourth-order valence-electron chi connectivity index (χ4n) is 2.60. The van der Waals surface area contributed by atoms with Crippen LogP contribution in [0.5, 0.6) is 0 Å². The van der Waals surface area contributed by atoms with Crippen molar-refractivity contribution < 1.29 is 13.2 Å². The predicted octanol–water partition coefficient (Wildman–Crippen LogP) is 3.82. The summed E-state index contributed by atoms with van der Waals surface area (Å²) in [4.78, 5) is 3.98. The summed E-state index contributed by atoms with van der Waals surface area (Å²) >= 11 is 0. The van der Waals surface area contributed by atoms with E-state index in [1.165, 1.54) is 11.8 Å². The zero-order valence-corrected chi connectivity index (χ0v) is 13.7. The van der Waals surface area contributed by atoms with Crippen molar-refractivity contribution in [1.29, 1.82) is 5.41 Å². The molecule has 2 heterocycles. The number of rotatable bonds is 4. The first-order chi connectivity index (χ1) is 11.1. The Morgan fingerprint density at radius 3 is 2.54 bits per heavy atom. The first kappa shape index (κ1) is 17.8. The van der Waals surface area contributed by atoms with Crippen molar-refractivity contribution in [2.45, 2.75) is 33.4 Å². The lowest BCUT2D eigenvalue weighted by atomic mass is 10.2. The molecule has 0 aliphatic heterocycles. The van der Waals surface area contributed by atoms with Gasteiger partial charge in [0.25, 0.3) is 0 Å². The van der Waals surface area contributed by atoms with Gasteiger partial charge >= 0.3 is 6.18 Å². The lowest BCUT2D eigenvalue weighted by molar-refractivity contribution is -0.0925. The maximum absolute atomic E-state index is 12.5. The van der Waals surface area contributed by atoms with Crippen LogP contribution in [0.3, 0.4) is 0 Å². The minimum absolute atomic E-state index is 0.130. The van der Waals surface area contributed by atoms with Gasteiger partial charge in [-0.3, -0.25) is 10.4 Å². The molecule has 0 unspecified atom stereocenters. The third-order valence-corrected chi connectivity index (χ3v) is 3.82. The van der Waals surface area contributed by atoms with E-state index in [-0.39, 0.29) is 11.4 Å². The van der Waals surface area contributed by atoms with Crippen LogP contribution in [-0.4, -0.2) is 21.4 Å². The number of aryl methyl sites for hydroxylation is 2. The van der Waals surface area contributed by atoms with Gasteiger partial charge < -0.3 is 10.3 Å². The van der Waals surface area contributed by atoms with Crippen LogP contribution in [0.25, 0.3) is 5.69 Å². The van der Waals surface area contributed by atoms with E-state index in [0.29, 0.717) is 6.08 Å². The zero-order valence-electron chi connectivity index (χ0n) is 13.7. The largest absolute Gasteiger partial charge is 0.430 e. The number of hydrogen-bond donors (Lipinski definition) is 2. The second-order valence-corrected chi connectivity index (χ2v) is 5.50. The highest BCUT2D eigenvalue weighted by atomic mass is 19.4. The smallest absolute Gasteiger partial charge is 0.395 e. The molecule has 0 aromatic carbocycles. The van der Waals surface area contributed by atoms with Crippen LogP contribution in [0.4, 0.5) is 13.2 Å². The van der Waals surface area contributed by atoms with E-state index in [1.807, 2.05) is 18.4 Å². The molecule has 128 valence electrons. The molecular weight excluding hydrogens is 317 g/mol. The van der Waals surface area contributed by atoms with Crippen molar-refractivity contribution in [1.82, 2.24) is 9.55 Å². The van der Waals surface area contributed by atoms with Crippen molar-refractivity contribution in [2.75, 3.05) is 0 Å². The molecule has 0 saturated heterocycles. The van der Waals surface area contributed by atoms with Gasteiger partial charge in [0.2, 0.25) is 0 Å². The van der Waals surface area contributed by atoms with Crippen LogP contribution >= 0.6 is 0 Å². The molecule has 24 heavy (non-hydrogen) atoms. The van der Waals surface area contributed by atoms with Gasteiger partial charge in [-0.05, 0) is 50.1 Å². The molecule has 3 N–H and O–H groups in total. The van der Waals surface area contributed by atoms with E-state index >= 15 is 0 Å². The first-order valence-electron chi connectivity index (χ1n) is 7.42. The van der Waals surface area contributed by atoms with E-state index in [9.17, 15) is 13.2 Å². The maximum Gasteiger partial charge on any atom is 0.430 e. The molecule has 2 rings (SSSR count). The number of halogens is 3. The van der Waals surface area contributed by atoms with Crippen LogP contribution in [0.15, 0.2) is 36.2 Å². The first-order valence-corrected chi connectivity index (χ1v) is 7.42. The molecule has 0 amide bonds. The molecule has 0 bridgehead atoms. The minimum Gasteiger partial charge on any atom is -0.395 e. The maximum atomic E-state index is 12.5. The van der Waals surface area contributed by atoms with Gasteiger partial charge in [-0.15, -0.1) is 0 Å². The molecule has 0 atom stereocenters. The third kappa shape index (κ3) is 3.50. The average Bonchev–Trinajstić information content (AvgIpc) is 2.80. The van der Waals surface area contributed by atoms with E-state index in [4.69, 9.17) is 11.1 Å². The number of allylic oxidation sites excluding steroid dienone is 2. The molecule has 2 aromatic rings. The van der Waals surface area contributed by atoms with Crippen LogP contribution in [-0.2, 0) is 6.42 Å². The van der Waals surface area contributed by atoms with Gasteiger partial charge in [0.05, 0.1) is 11.4 Å². The SMILES string of the molecule is CCc1cc(C)n(-c2ccnc(C(=N)C=C(N)C(F)(F)F)c2)c1C. The Morgan fingerprint density at radius 2 is 2.00 bits per heavy atom. The lowest BCUT2D eigenvalue weighted by Crippen LogP contribution is -2.21. The third-order valence-electron chi connectivity index (χ3n) is 3.82. The summed E-state index contributed by atoms with van der Waals surface area (Å²) < 4.78 is 39.5. The molecule has 4 nitrogen and oxygen atoms in total. The van der Waals surface area contributed by atoms with E-state index in [2.05, 4.69) is 18.0 Å². The Balaban J connectivity index is 2.44. The summed E-state index contributed by atoms with van der Waals surface area (Å²) in [7, 11) is 0. The number of pyridine rings is 1. The Labute approximate surface area is 138 Å². The summed E-state index contributed by atoms with van der Waals surface area (Å²) in [6.07, 6.45) is -1.72. The van der Waals surface area contributed by atoms with E-state index in [0.717, 1.165) is 23.5 Å². The number of nitrogens with two attached hydrogens (primary N) is 1. The Kier molecular flexibility index (Phi) is 4.82. The molecule has 0 spiro atoms. The number of alkyl halides is 3. The highest BCUT2D eigenvalue weighted by Crippen LogP contribution is 2.23. The Bertz CT molecular complexity index is 801. The summed E-state index contributed by atoms with van der Waals surface area (Å²) in [5.74, 6) is 0. The monoisotopic (exact) mass is 336 g/mol. The zero-order chi connectivity index (χ0) is 18.1.